The van der Waals surface area contributed by atoms with E-state index in [0.29, 0.717) is 5.56 Å². The van der Waals surface area contributed by atoms with Gasteiger partial charge in [-0.25, -0.2) is 4.79 Å². The molecule has 0 heterocycles. The van der Waals surface area contributed by atoms with Crippen LogP contribution in [0.1, 0.15) is 44.0 Å². The summed E-state index contributed by atoms with van der Waals surface area (Å²) in [5, 5.41) is 2.83. The third-order valence-corrected chi connectivity index (χ3v) is 3.81. The molecule has 1 atom stereocenters. The van der Waals surface area contributed by atoms with Crippen molar-refractivity contribution < 1.29 is 14.3 Å². The number of rotatable bonds is 7. The summed E-state index contributed by atoms with van der Waals surface area (Å²) in [6, 6.07) is 7.54. The highest BCUT2D eigenvalue weighted by Crippen LogP contribution is 2.19. The lowest BCUT2D eigenvalue weighted by Crippen LogP contribution is -2.37. The fourth-order valence-corrected chi connectivity index (χ4v) is 2.23. The number of esters is 1. The molecule has 120 valence electrons. The first kappa shape index (κ1) is 16.3. The molecule has 0 saturated heterocycles. The lowest BCUT2D eigenvalue weighted by atomic mass is 10.2. The molecule has 1 N–H and O–H groups in total. The molecule has 22 heavy (non-hydrogen) atoms. The van der Waals surface area contributed by atoms with Gasteiger partial charge in [0.05, 0.1) is 5.56 Å². The van der Waals surface area contributed by atoms with E-state index in [-0.39, 0.29) is 11.9 Å². The summed E-state index contributed by atoms with van der Waals surface area (Å²) in [7, 11) is 0. The largest absolute Gasteiger partial charge is 0.449 e. The minimum atomic E-state index is -0.768. The van der Waals surface area contributed by atoms with Crippen LogP contribution in [0.25, 0.3) is 0 Å². The van der Waals surface area contributed by atoms with Crippen LogP contribution in [0.5, 0.6) is 0 Å². The van der Waals surface area contributed by atoms with E-state index in [4.69, 9.17) is 4.74 Å². The number of nitrogens with zero attached hydrogens (tertiary/aromatic N) is 1. The second-order valence-electron chi connectivity index (χ2n) is 5.55. The Morgan fingerprint density at radius 2 is 1.82 bits per heavy atom. The Kier molecular flexibility index (Phi) is 5.41. The van der Waals surface area contributed by atoms with Gasteiger partial charge in [-0.2, -0.15) is 0 Å². The van der Waals surface area contributed by atoms with Crippen LogP contribution >= 0.6 is 0 Å². The van der Waals surface area contributed by atoms with Gasteiger partial charge in [0, 0.05) is 24.8 Å². The van der Waals surface area contributed by atoms with Gasteiger partial charge < -0.3 is 15.0 Å². The maximum atomic E-state index is 12.1. The SMILES string of the molecule is CCN(CC)c1ccc(C(=O)O[C@@H](C)C(=O)NC2CC2)cc1. The Balaban J connectivity index is 1.92. The van der Waals surface area contributed by atoms with Crippen LogP contribution in [0.15, 0.2) is 24.3 Å². The summed E-state index contributed by atoms with van der Waals surface area (Å²) >= 11 is 0. The van der Waals surface area contributed by atoms with Gasteiger partial charge in [-0.3, -0.25) is 4.79 Å². The molecular formula is C17H24N2O3. The molecule has 1 aliphatic rings. The molecule has 0 unspecified atom stereocenters. The summed E-state index contributed by atoms with van der Waals surface area (Å²) in [6.45, 7) is 7.61. The van der Waals surface area contributed by atoms with Gasteiger partial charge in [0.25, 0.3) is 5.91 Å². The minimum absolute atomic E-state index is 0.226. The molecule has 1 aromatic rings. The molecule has 1 fully saturated rings. The third kappa shape index (κ3) is 4.23. The van der Waals surface area contributed by atoms with Crippen LogP contribution in [0.4, 0.5) is 5.69 Å². The van der Waals surface area contributed by atoms with Crippen molar-refractivity contribution in [2.45, 2.75) is 45.8 Å². The van der Waals surface area contributed by atoms with Crippen LogP contribution < -0.4 is 10.2 Å². The van der Waals surface area contributed by atoms with Crippen molar-refractivity contribution >= 4 is 17.6 Å². The first-order chi connectivity index (χ1) is 10.5. The molecule has 0 bridgehead atoms. The molecule has 0 spiro atoms. The number of nitrogens with one attached hydrogen (secondary N) is 1. The summed E-state index contributed by atoms with van der Waals surface area (Å²) in [4.78, 5) is 26.0. The quantitative estimate of drug-likeness (QED) is 0.786. The summed E-state index contributed by atoms with van der Waals surface area (Å²) in [6.07, 6.45) is 1.26. The third-order valence-electron chi connectivity index (χ3n) is 3.81. The first-order valence-electron chi connectivity index (χ1n) is 7.91. The number of benzene rings is 1. The van der Waals surface area contributed by atoms with Crippen LogP contribution in [0.3, 0.4) is 0 Å². The monoisotopic (exact) mass is 304 g/mol. The van der Waals surface area contributed by atoms with E-state index in [9.17, 15) is 9.59 Å². The van der Waals surface area contributed by atoms with E-state index in [1.165, 1.54) is 0 Å². The van der Waals surface area contributed by atoms with Gasteiger partial charge in [0.2, 0.25) is 0 Å². The molecule has 1 aromatic carbocycles. The highest BCUT2D eigenvalue weighted by molar-refractivity contribution is 5.92. The molecule has 0 aromatic heterocycles. The number of carbonyl (C=O) groups excluding carboxylic acids is 2. The van der Waals surface area contributed by atoms with E-state index in [1.807, 2.05) is 12.1 Å². The van der Waals surface area contributed by atoms with Gasteiger partial charge in [-0.15, -0.1) is 0 Å². The number of hydrogen-bond acceptors (Lipinski definition) is 4. The van der Waals surface area contributed by atoms with E-state index in [2.05, 4.69) is 24.1 Å². The number of anilines is 1. The standard InChI is InChI=1S/C17H24N2O3/c1-4-19(5-2)15-10-6-13(7-11-15)17(21)22-12(3)16(20)18-14-8-9-14/h6-7,10-12,14H,4-5,8-9H2,1-3H3,(H,18,20)/t12-/m0/s1. The van der Waals surface area contributed by atoms with Crippen molar-refractivity contribution in [2.24, 2.45) is 0 Å². The maximum absolute atomic E-state index is 12.1. The number of carbonyl (C=O) groups is 2. The Hall–Kier alpha value is -2.04. The molecular weight excluding hydrogens is 280 g/mol. The lowest BCUT2D eigenvalue weighted by Gasteiger charge is -2.21. The number of amides is 1. The molecule has 2 rings (SSSR count). The van der Waals surface area contributed by atoms with Gasteiger partial charge in [-0.05, 0) is 57.9 Å². The van der Waals surface area contributed by atoms with E-state index in [1.54, 1.807) is 19.1 Å². The highest BCUT2D eigenvalue weighted by Gasteiger charge is 2.27. The number of ether oxygens (including phenoxy) is 1. The predicted octanol–water partition coefficient (Wildman–Crippen LogP) is 2.36. The molecule has 5 heteroatoms. The zero-order chi connectivity index (χ0) is 16.1. The van der Waals surface area contributed by atoms with Gasteiger partial charge in [0.1, 0.15) is 0 Å². The fraction of sp³-hybridized carbons (Fsp3) is 0.529. The summed E-state index contributed by atoms with van der Waals surface area (Å²) in [5.74, 6) is -0.694. The van der Waals surface area contributed by atoms with E-state index in [0.717, 1.165) is 31.6 Å². The molecule has 1 saturated carbocycles. The van der Waals surface area contributed by atoms with Crippen molar-refractivity contribution in [3.8, 4) is 0 Å². The van der Waals surface area contributed by atoms with Gasteiger partial charge in [-0.1, -0.05) is 0 Å². The predicted molar refractivity (Wildman–Crippen MR) is 86.0 cm³/mol. The second kappa shape index (κ2) is 7.29. The van der Waals surface area contributed by atoms with E-state index < -0.39 is 12.1 Å². The Labute approximate surface area is 131 Å². The minimum Gasteiger partial charge on any atom is -0.449 e. The summed E-state index contributed by atoms with van der Waals surface area (Å²) < 4.78 is 5.22. The maximum Gasteiger partial charge on any atom is 0.338 e. The van der Waals surface area contributed by atoms with Crippen LogP contribution in [-0.2, 0) is 9.53 Å². The topological polar surface area (TPSA) is 58.6 Å². The van der Waals surface area contributed by atoms with Crippen molar-refractivity contribution in [3.63, 3.8) is 0 Å². The number of hydrogen-bond donors (Lipinski definition) is 1. The van der Waals surface area contributed by atoms with Crippen LogP contribution in [0.2, 0.25) is 0 Å². The molecule has 0 aliphatic heterocycles. The van der Waals surface area contributed by atoms with E-state index >= 15 is 0 Å². The Morgan fingerprint density at radius 3 is 2.32 bits per heavy atom. The molecule has 1 aliphatic carbocycles. The van der Waals surface area contributed by atoms with Crippen molar-refractivity contribution in [2.75, 3.05) is 18.0 Å². The first-order valence-corrected chi connectivity index (χ1v) is 7.91. The summed E-state index contributed by atoms with van der Waals surface area (Å²) in [5.41, 5.74) is 1.53. The molecule has 5 nitrogen and oxygen atoms in total. The van der Waals surface area contributed by atoms with Crippen LogP contribution in [-0.4, -0.2) is 37.1 Å². The molecule has 0 radical (unpaired) electrons. The average Bonchev–Trinajstić information content (AvgIpc) is 3.33. The average molecular weight is 304 g/mol. The Bertz CT molecular complexity index is 519. The highest BCUT2D eigenvalue weighted by atomic mass is 16.5. The Morgan fingerprint density at radius 1 is 1.23 bits per heavy atom. The van der Waals surface area contributed by atoms with Crippen molar-refractivity contribution in [1.29, 1.82) is 0 Å². The van der Waals surface area contributed by atoms with Gasteiger partial charge in [0.15, 0.2) is 6.10 Å². The molecule has 1 amide bonds. The zero-order valence-corrected chi connectivity index (χ0v) is 13.5. The van der Waals surface area contributed by atoms with Crippen molar-refractivity contribution in [3.05, 3.63) is 29.8 Å². The van der Waals surface area contributed by atoms with Crippen LogP contribution in [0, 0.1) is 0 Å². The van der Waals surface area contributed by atoms with Gasteiger partial charge >= 0.3 is 5.97 Å². The normalized spacial score (nSPS) is 15.0. The van der Waals surface area contributed by atoms with Crippen molar-refractivity contribution in [1.82, 2.24) is 5.32 Å². The zero-order valence-electron chi connectivity index (χ0n) is 13.5. The second-order valence-corrected chi connectivity index (χ2v) is 5.55. The lowest BCUT2D eigenvalue weighted by molar-refractivity contribution is -0.129. The smallest absolute Gasteiger partial charge is 0.338 e. The fourth-order valence-electron chi connectivity index (χ4n) is 2.23.